The Morgan fingerprint density at radius 2 is 1.78 bits per heavy atom. The van der Waals surface area contributed by atoms with Crippen molar-refractivity contribution in [2.45, 2.75) is 33.7 Å². The lowest BCUT2D eigenvalue weighted by atomic mass is 9.92. The molecule has 0 saturated heterocycles. The van der Waals surface area contributed by atoms with Gasteiger partial charge in [-0.2, -0.15) is 0 Å². The Kier molecular flexibility index (Phi) is 6.42. The van der Waals surface area contributed by atoms with Gasteiger partial charge in [0.25, 0.3) is 0 Å². The van der Waals surface area contributed by atoms with Crippen LogP contribution in [0.5, 0.6) is 11.5 Å². The van der Waals surface area contributed by atoms with Crippen LogP contribution in [-0.2, 0) is 9.59 Å². The molecule has 128 valence electrons. The van der Waals surface area contributed by atoms with Gasteiger partial charge < -0.3 is 19.9 Å². The maximum Gasteiger partial charge on any atom is 0.326 e. The van der Waals surface area contributed by atoms with Gasteiger partial charge in [-0.3, -0.25) is 4.79 Å². The number of hydrogen-bond donors (Lipinski definition) is 2. The zero-order valence-electron chi connectivity index (χ0n) is 14.3. The number of para-hydroxylation sites is 2. The molecule has 23 heavy (non-hydrogen) atoms. The molecule has 0 bridgehead atoms. The van der Waals surface area contributed by atoms with Gasteiger partial charge in [0.15, 0.2) is 11.5 Å². The van der Waals surface area contributed by atoms with Crippen molar-refractivity contribution in [1.29, 1.82) is 0 Å². The van der Waals surface area contributed by atoms with Gasteiger partial charge in [-0.05, 0) is 31.9 Å². The normalized spacial score (nSPS) is 12.6. The van der Waals surface area contributed by atoms with E-state index in [4.69, 9.17) is 9.47 Å². The molecule has 0 aliphatic heterocycles. The van der Waals surface area contributed by atoms with Crippen molar-refractivity contribution in [1.82, 2.24) is 5.32 Å². The average Bonchev–Trinajstić information content (AvgIpc) is 2.49. The number of methoxy groups -OCH3 is 1. The molecule has 0 saturated carbocycles. The van der Waals surface area contributed by atoms with Crippen molar-refractivity contribution in [3.63, 3.8) is 0 Å². The molecule has 0 aromatic heterocycles. The highest BCUT2D eigenvalue weighted by Crippen LogP contribution is 2.28. The van der Waals surface area contributed by atoms with Gasteiger partial charge >= 0.3 is 5.97 Å². The lowest BCUT2D eigenvalue weighted by Gasteiger charge is -2.27. The minimum Gasteiger partial charge on any atom is -0.493 e. The quantitative estimate of drug-likeness (QED) is 0.767. The zero-order chi connectivity index (χ0) is 17.6. The smallest absolute Gasteiger partial charge is 0.326 e. The van der Waals surface area contributed by atoms with Crippen LogP contribution in [0, 0.1) is 11.3 Å². The minimum absolute atomic E-state index is 0.101. The third-order valence-electron chi connectivity index (χ3n) is 3.49. The summed E-state index contributed by atoms with van der Waals surface area (Å²) < 4.78 is 10.9. The fourth-order valence-electron chi connectivity index (χ4n) is 1.91. The monoisotopic (exact) mass is 323 g/mol. The maximum absolute atomic E-state index is 12.4. The van der Waals surface area contributed by atoms with E-state index in [1.165, 1.54) is 0 Å². The Hall–Kier alpha value is -2.24. The lowest BCUT2D eigenvalue weighted by Crippen LogP contribution is -2.50. The number of carbonyl (C=O) groups is 2. The Labute approximate surface area is 136 Å². The van der Waals surface area contributed by atoms with Gasteiger partial charge in [0.05, 0.1) is 12.5 Å². The first-order chi connectivity index (χ1) is 10.7. The van der Waals surface area contributed by atoms with Gasteiger partial charge in [0.1, 0.15) is 12.6 Å². The molecule has 1 amide bonds. The maximum atomic E-state index is 12.4. The molecular formula is C17H25NO5. The summed E-state index contributed by atoms with van der Waals surface area (Å²) in [6.07, 6.45) is 0. The number of amides is 1. The van der Waals surface area contributed by atoms with Crippen molar-refractivity contribution >= 4 is 11.9 Å². The van der Waals surface area contributed by atoms with E-state index in [9.17, 15) is 14.7 Å². The summed E-state index contributed by atoms with van der Waals surface area (Å²) >= 11 is 0. The van der Waals surface area contributed by atoms with Crippen molar-refractivity contribution < 1.29 is 24.2 Å². The second-order valence-corrected chi connectivity index (χ2v) is 6.36. The van der Waals surface area contributed by atoms with E-state index in [2.05, 4.69) is 5.32 Å². The minimum atomic E-state index is -1.05. The standard InChI is InChI=1S/C17H25NO5/c1-11(2)14(15(19)20)18-16(21)17(3,4)10-23-13-9-7-6-8-12(13)22-5/h6-9,11,14H,10H2,1-5H3,(H,18,21)(H,19,20). The Morgan fingerprint density at radius 1 is 1.22 bits per heavy atom. The summed E-state index contributed by atoms with van der Waals surface area (Å²) in [5.41, 5.74) is -0.885. The molecule has 1 atom stereocenters. The van der Waals surface area contributed by atoms with Crippen LogP contribution < -0.4 is 14.8 Å². The van der Waals surface area contributed by atoms with Crippen LogP contribution in [-0.4, -0.2) is 36.7 Å². The van der Waals surface area contributed by atoms with Crippen molar-refractivity contribution in [3.8, 4) is 11.5 Å². The summed E-state index contributed by atoms with van der Waals surface area (Å²) in [5, 5.41) is 11.7. The zero-order valence-corrected chi connectivity index (χ0v) is 14.3. The Bertz CT molecular complexity index is 554. The molecule has 1 rings (SSSR count). The van der Waals surface area contributed by atoms with E-state index >= 15 is 0 Å². The SMILES string of the molecule is COc1ccccc1OCC(C)(C)C(=O)NC(C(=O)O)C(C)C. The van der Waals surface area contributed by atoms with E-state index in [0.717, 1.165) is 0 Å². The van der Waals surface area contributed by atoms with Crippen LogP contribution in [0.25, 0.3) is 0 Å². The van der Waals surface area contributed by atoms with Crippen LogP contribution >= 0.6 is 0 Å². The van der Waals surface area contributed by atoms with Crippen molar-refractivity contribution in [2.24, 2.45) is 11.3 Å². The lowest BCUT2D eigenvalue weighted by molar-refractivity contribution is -0.145. The highest BCUT2D eigenvalue weighted by Gasteiger charge is 2.33. The predicted octanol–water partition coefficient (Wildman–Crippen LogP) is 2.33. The Morgan fingerprint density at radius 3 is 2.26 bits per heavy atom. The summed E-state index contributed by atoms with van der Waals surface area (Å²) in [6.45, 7) is 7.01. The van der Waals surface area contributed by atoms with E-state index in [0.29, 0.717) is 11.5 Å². The third kappa shape index (κ3) is 5.16. The summed E-state index contributed by atoms with van der Waals surface area (Å²) in [7, 11) is 1.54. The number of aliphatic carboxylic acids is 1. The number of ether oxygens (including phenoxy) is 2. The van der Waals surface area contributed by atoms with E-state index < -0.39 is 17.4 Å². The molecule has 0 spiro atoms. The number of nitrogens with one attached hydrogen (secondary N) is 1. The first kappa shape index (κ1) is 18.8. The number of rotatable bonds is 8. The topological polar surface area (TPSA) is 84.9 Å². The summed E-state index contributed by atoms with van der Waals surface area (Å²) in [5.74, 6) is -0.505. The van der Waals surface area contributed by atoms with E-state index in [1.54, 1.807) is 46.9 Å². The van der Waals surface area contributed by atoms with E-state index in [-0.39, 0.29) is 18.4 Å². The molecule has 6 heteroatoms. The fraction of sp³-hybridized carbons (Fsp3) is 0.529. The second kappa shape index (κ2) is 7.85. The van der Waals surface area contributed by atoms with Gasteiger partial charge in [0, 0.05) is 0 Å². The number of benzene rings is 1. The van der Waals surface area contributed by atoms with Crippen LogP contribution in [0.1, 0.15) is 27.7 Å². The molecule has 0 aliphatic rings. The van der Waals surface area contributed by atoms with Crippen LogP contribution in [0.2, 0.25) is 0 Å². The highest BCUT2D eigenvalue weighted by atomic mass is 16.5. The molecule has 0 radical (unpaired) electrons. The third-order valence-corrected chi connectivity index (χ3v) is 3.49. The molecule has 1 aromatic rings. The van der Waals surface area contributed by atoms with Gasteiger partial charge in [-0.25, -0.2) is 4.79 Å². The van der Waals surface area contributed by atoms with Crippen LogP contribution in [0.4, 0.5) is 0 Å². The fourth-order valence-corrected chi connectivity index (χ4v) is 1.91. The van der Waals surface area contributed by atoms with Gasteiger partial charge in [-0.1, -0.05) is 26.0 Å². The number of hydrogen-bond acceptors (Lipinski definition) is 4. The molecule has 2 N–H and O–H groups in total. The second-order valence-electron chi connectivity index (χ2n) is 6.36. The van der Waals surface area contributed by atoms with E-state index in [1.807, 2.05) is 12.1 Å². The predicted molar refractivity (Wildman–Crippen MR) is 86.7 cm³/mol. The molecule has 0 aliphatic carbocycles. The number of carboxylic acid groups (broad SMARTS) is 1. The summed E-state index contributed by atoms with van der Waals surface area (Å²) in [6, 6.07) is 6.23. The van der Waals surface area contributed by atoms with Crippen LogP contribution in [0.15, 0.2) is 24.3 Å². The molecule has 0 fully saturated rings. The first-order valence-corrected chi connectivity index (χ1v) is 7.48. The average molecular weight is 323 g/mol. The molecule has 0 heterocycles. The summed E-state index contributed by atoms with van der Waals surface area (Å²) in [4.78, 5) is 23.6. The Balaban J connectivity index is 2.74. The molecule has 1 aromatic carbocycles. The highest BCUT2D eigenvalue weighted by molar-refractivity contribution is 5.87. The van der Waals surface area contributed by atoms with Gasteiger partial charge in [-0.15, -0.1) is 0 Å². The van der Waals surface area contributed by atoms with Crippen molar-refractivity contribution in [3.05, 3.63) is 24.3 Å². The first-order valence-electron chi connectivity index (χ1n) is 7.48. The molecule has 6 nitrogen and oxygen atoms in total. The number of carbonyl (C=O) groups excluding carboxylic acids is 1. The van der Waals surface area contributed by atoms with Gasteiger partial charge in [0.2, 0.25) is 5.91 Å². The van der Waals surface area contributed by atoms with Crippen molar-refractivity contribution in [2.75, 3.05) is 13.7 Å². The number of carboxylic acids is 1. The molecular weight excluding hydrogens is 298 g/mol. The van der Waals surface area contributed by atoms with Crippen LogP contribution in [0.3, 0.4) is 0 Å². The largest absolute Gasteiger partial charge is 0.493 e. The molecule has 1 unspecified atom stereocenters.